The fraction of sp³-hybridized carbons (Fsp3) is 0.227. The maximum absolute atomic E-state index is 13.1. The number of aromatic nitrogens is 1. The molecule has 154 valence electrons. The number of piperidine rings is 1. The number of nitrogens with one attached hydrogen (secondary N) is 1. The summed E-state index contributed by atoms with van der Waals surface area (Å²) in [6.07, 6.45) is 1.44. The van der Waals surface area contributed by atoms with Gasteiger partial charge in [-0.25, -0.2) is 9.37 Å². The summed E-state index contributed by atoms with van der Waals surface area (Å²) in [6, 6.07) is 12.8. The van der Waals surface area contributed by atoms with E-state index in [0.29, 0.717) is 35.2 Å². The predicted octanol–water partition coefficient (Wildman–Crippen LogP) is 5.09. The minimum Gasteiger partial charge on any atom is -0.338 e. The predicted molar refractivity (Wildman–Crippen MR) is 116 cm³/mol. The lowest BCUT2D eigenvalue weighted by Crippen LogP contribution is -2.43. The quantitative estimate of drug-likeness (QED) is 0.610. The number of carbonyl (C=O) groups is 2. The first kappa shape index (κ1) is 20.5. The molecule has 1 fully saturated rings. The Hall–Kier alpha value is -2.77. The van der Waals surface area contributed by atoms with E-state index in [4.69, 9.17) is 11.6 Å². The second kappa shape index (κ2) is 8.93. The van der Waals surface area contributed by atoms with E-state index in [1.165, 1.54) is 35.6 Å². The van der Waals surface area contributed by atoms with Gasteiger partial charge in [-0.05, 0) is 49.2 Å². The Morgan fingerprint density at radius 1 is 1.13 bits per heavy atom. The van der Waals surface area contributed by atoms with Gasteiger partial charge in [0.1, 0.15) is 5.82 Å². The van der Waals surface area contributed by atoms with Crippen molar-refractivity contribution in [3.05, 3.63) is 70.3 Å². The molecule has 1 atom stereocenters. The maximum Gasteiger partial charge on any atom is 0.253 e. The van der Waals surface area contributed by atoms with Gasteiger partial charge in [0.15, 0.2) is 5.13 Å². The Morgan fingerprint density at radius 3 is 2.60 bits per heavy atom. The van der Waals surface area contributed by atoms with Crippen molar-refractivity contribution in [2.24, 2.45) is 5.92 Å². The topological polar surface area (TPSA) is 62.3 Å². The van der Waals surface area contributed by atoms with Crippen molar-refractivity contribution in [1.29, 1.82) is 0 Å². The van der Waals surface area contributed by atoms with Crippen LogP contribution in [0.3, 0.4) is 0 Å². The lowest BCUT2D eigenvalue weighted by molar-refractivity contribution is -0.121. The van der Waals surface area contributed by atoms with Gasteiger partial charge < -0.3 is 10.2 Å². The molecule has 1 aliphatic heterocycles. The average Bonchev–Trinajstić information content (AvgIpc) is 3.23. The van der Waals surface area contributed by atoms with Gasteiger partial charge in [0.2, 0.25) is 5.91 Å². The molecule has 30 heavy (non-hydrogen) atoms. The molecule has 5 nitrogen and oxygen atoms in total. The lowest BCUT2D eigenvalue weighted by Gasteiger charge is -2.32. The third-order valence-corrected chi connectivity index (χ3v) is 6.05. The smallest absolute Gasteiger partial charge is 0.253 e. The normalized spacial score (nSPS) is 16.3. The standard InChI is InChI=1S/C22H19ClFN3O2S/c23-17-7-3-14(4-8-17)19-13-30-22(25-19)26-20(28)16-2-1-11-27(12-16)21(29)15-5-9-18(24)10-6-15/h3-10,13,16H,1-2,11-12H2,(H,25,26,28)/t16-/m0/s1. The summed E-state index contributed by atoms with van der Waals surface area (Å²) in [4.78, 5) is 31.6. The summed E-state index contributed by atoms with van der Waals surface area (Å²) in [7, 11) is 0. The number of halogens is 2. The van der Waals surface area contributed by atoms with Gasteiger partial charge in [-0.1, -0.05) is 23.7 Å². The van der Waals surface area contributed by atoms with Crippen molar-refractivity contribution in [3.63, 3.8) is 0 Å². The molecule has 3 aromatic rings. The molecule has 2 heterocycles. The zero-order valence-corrected chi connectivity index (χ0v) is 17.5. The zero-order chi connectivity index (χ0) is 21.1. The zero-order valence-electron chi connectivity index (χ0n) is 16.0. The highest BCUT2D eigenvalue weighted by Crippen LogP contribution is 2.27. The van der Waals surface area contributed by atoms with Gasteiger partial charge in [-0.15, -0.1) is 11.3 Å². The molecule has 2 amide bonds. The van der Waals surface area contributed by atoms with Crippen LogP contribution in [-0.2, 0) is 4.79 Å². The minimum absolute atomic E-state index is 0.149. The van der Waals surface area contributed by atoms with Crippen LogP contribution in [-0.4, -0.2) is 34.8 Å². The SMILES string of the molecule is O=C(Nc1nc(-c2ccc(Cl)cc2)cs1)[C@H]1CCCN(C(=O)c2ccc(F)cc2)C1. The summed E-state index contributed by atoms with van der Waals surface area (Å²) in [5.41, 5.74) is 2.11. The van der Waals surface area contributed by atoms with Gasteiger partial charge in [-0.2, -0.15) is 0 Å². The molecule has 0 radical (unpaired) electrons. The van der Waals surface area contributed by atoms with Crippen LogP contribution in [0.5, 0.6) is 0 Å². The molecule has 0 unspecified atom stereocenters. The number of benzene rings is 2. The van der Waals surface area contributed by atoms with E-state index in [1.54, 1.807) is 17.0 Å². The van der Waals surface area contributed by atoms with Crippen molar-refractivity contribution < 1.29 is 14.0 Å². The molecule has 8 heteroatoms. The minimum atomic E-state index is -0.385. The summed E-state index contributed by atoms with van der Waals surface area (Å²) < 4.78 is 13.1. The first-order valence-electron chi connectivity index (χ1n) is 9.57. The van der Waals surface area contributed by atoms with Crippen LogP contribution in [0, 0.1) is 11.7 Å². The largest absolute Gasteiger partial charge is 0.338 e. The maximum atomic E-state index is 13.1. The number of nitrogens with zero attached hydrogens (tertiary/aromatic N) is 2. The first-order valence-corrected chi connectivity index (χ1v) is 10.8. The number of thiazole rings is 1. The van der Waals surface area contributed by atoms with Crippen molar-refractivity contribution in [1.82, 2.24) is 9.88 Å². The van der Waals surface area contributed by atoms with Crippen LogP contribution in [0.4, 0.5) is 9.52 Å². The van der Waals surface area contributed by atoms with Gasteiger partial charge >= 0.3 is 0 Å². The monoisotopic (exact) mass is 443 g/mol. The first-order chi connectivity index (χ1) is 14.5. The van der Waals surface area contributed by atoms with Crippen molar-refractivity contribution in [2.45, 2.75) is 12.8 Å². The lowest BCUT2D eigenvalue weighted by atomic mass is 9.96. The number of hydrogen-bond acceptors (Lipinski definition) is 4. The number of rotatable bonds is 4. The average molecular weight is 444 g/mol. The molecule has 0 spiro atoms. The molecule has 2 aromatic carbocycles. The summed E-state index contributed by atoms with van der Waals surface area (Å²) in [5, 5.41) is 5.93. The number of carbonyl (C=O) groups excluding carboxylic acids is 2. The van der Waals surface area contributed by atoms with Crippen molar-refractivity contribution in [3.8, 4) is 11.3 Å². The van der Waals surface area contributed by atoms with Gasteiger partial charge in [-0.3, -0.25) is 9.59 Å². The number of hydrogen-bond donors (Lipinski definition) is 1. The Balaban J connectivity index is 1.39. The molecule has 0 bridgehead atoms. The van der Waals surface area contributed by atoms with E-state index < -0.39 is 0 Å². The fourth-order valence-electron chi connectivity index (χ4n) is 3.44. The Morgan fingerprint density at radius 2 is 1.87 bits per heavy atom. The molecule has 0 aliphatic carbocycles. The second-order valence-electron chi connectivity index (χ2n) is 7.13. The summed E-state index contributed by atoms with van der Waals surface area (Å²) >= 11 is 7.27. The Labute approximate surface area is 182 Å². The molecule has 1 saturated heterocycles. The molecule has 1 aromatic heterocycles. The van der Waals surface area contributed by atoms with Gasteiger partial charge in [0.05, 0.1) is 11.6 Å². The number of likely N-dealkylation sites (tertiary alicyclic amines) is 1. The highest BCUT2D eigenvalue weighted by Gasteiger charge is 2.29. The molecule has 1 N–H and O–H groups in total. The van der Waals surface area contributed by atoms with Crippen LogP contribution >= 0.6 is 22.9 Å². The van der Waals surface area contributed by atoms with Crippen LogP contribution in [0.15, 0.2) is 53.9 Å². The van der Waals surface area contributed by atoms with E-state index in [0.717, 1.165) is 17.7 Å². The van der Waals surface area contributed by atoms with E-state index in [9.17, 15) is 14.0 Å². The second-order valence-corrected chi connectivity index (χ2v) is 8.43. The highest BCUT2D eigenvalue weighted by molar-refractivity contribution is 7.14. The van der Waals surface area contributed by atoms with Crippen molar-refractivity contribution >= 4 is 39.9 Å². The number of anilines is 1. The summed E-state index contributed by atoms with van der Waals surface area (Å²) in [5.74, 6) is -1.04. The Kier molecular flexibility index (Phi) is 6.11. The number of amides is 2. The van der Waals surface area contributed by atoms with E-state index >= 15 is 0 Å². The third kappa shape index (κ3) is 4.68. The van der Waals surface area contributed by atoms with E-state index in [2.05, 4.69) is 10.3 Å². The molecular formula is C22H19ClFN3O2S. The van der Waals surface area contributed by atoms with Gasteiger partial charge in [0.25, 0.3) is 5.91 Å². The van der Waals surface area contributed by atoms with Crippen LogP contribution in [0.25, 0.3) is 11.3 Å². The molecular weight excluding hydrogens is 425 g/mol. The highest BCUT2D eigenvalue weighted by atomic mass is 35.5. The Bertz CT molecular complexity index is 1050. The molecule has 0 saturated carbocycles. The fourth-order valence-corrected chi connectivity index (χ4v) is 4.29. The molecule has 1 aliphatic rings. The third-order valence-electron chi connectivity index (χ3n) is 5.04. The van der Waals surface area contributed by atoms with Crippen molar-refractivity contribution in [2.75, 3.05) is 18.4 Å². The van der Waals surface area contributed by atoms with Crippen LogP contribution in [0.1, 0.15) is 23.2 Å². The van der Waals surface area contributed by atoms with E-state index in [1.807, 2.05) is 17.5 Å². The van der Waals surface area contributed by atoms with Crippen LogP contribution in [0.2, 0.25) is 5.02 Å². The molecule has 4 rings (SSSR count). The van der Waals surface area contributed by atoms with Gasteiger partial charge in [0, 0.05) is 34.6 Å². The van der Waals surface area contributed by atoms with Crippen LogP contribution < -0.4 is 5.32 Å². The summed E-state index contributed by atoms with van der Waals surface area (Å²) in [6.45, 7) is 0.912. The van der Waals surface area contributed by atoms with E-state index in [-0.39, 0.29) is 23.5 Å².